The van der Waals surface area contributed by atoms with Crippen LogP contribution < -0.4 is 5.32 Å². The normalized spacial score (nSPS) is 10.8. The van der Waals surface area contributed by atoms with Crippen LogP contribution in [0.2, 0.25) is 0 Å². The first-order chi connectivity index (χ1) is 17.1. The van der Waals surface area contributed by atoms with Crippen LogP contribution in [0.4, 0.5) is 5.69 Å². The Bertz CT molecular complexity index is 1420. The van der Waals surface area contributed by atoms with Crippen molar-refractivity contribution in [2.75, 3.05) is 12.4 Å². The number of thiophene rings is 1. The maximum atomic E-state index is 13.1. The summed E-state index contributed by atoms with van der Waals surface area (Å²) in [5, 5.41) is 9.58. The van der Waals surface area contributed by atoms with Crippen molar-refractivity contribution in [1.82, 2.24) is 14.7 Å². The van der Waals surface area contributed by atoms with E-state index < -0.39 is 0 Å². The highest BCUT2D eigenvalue weighted by Crippen LogP contribution is 2.29. The second kappa shape index (κ2) is 9.82. The average molecular weight is 483 g/mol. The fourth-order valence-electron chi connectivity index (χ4n) is 3.70. The number of furan rings is 1. The summed E-state index contributed by atoms with van der Waals surface area (Å²) in [5.74, 6) is -0.247. The summed E-state index contributed by atoms with van der Waals surface area (Å²) in [7, 11) is 1.77. The number of anilines is 1. The topological polar surface area (TPSA) is 80.4 Å². The molecule has 0 aliphatic carbocycles. The van der Waals surface area contributed by atoms with Crippen molar-refractivity contribution < 1.29 is 14.0 Å². The van der Waals surface area contributed by atoms with Gasteiger partial charge in [-0.15, -0.1) is 11.3 Å². The third kappa shape index (κ3) is 4.92. The van der Waals surface area contributed by atoms with Gasteiger partial charge in [-0.3, -0.25) is 9.59 Å². The minimum atomic E-state index is -0.345. The Hall–Kier alpha value is -4.43. The Kier molecular flexibility index (Phi) is 6.28. The third-order valence-corrected chi connectivity index (χ3v) is 6.33. The quantitative estimate of drug-likeness (QED) is 0.322. The van der Waals surface area contributed by atoms with Crippen molar-refractivity contribution in [3.63, 3.8) is 0 Å². The number of benzene rings is 2. The molecule has 2 aromatic carbocycles. The lowest BCUT2D eigenvalue weighted by atomic mass is 10.1. The predicted molar refractivity (Wildman–Crippen MR) is 136 cm³/mol. The molecule has 1 N–H and O–H groups in total. The van der Waals surface area contributed by atoms with Gasteiger partial charge in [0.2, 0.25) is 0 Å². The van der Waals surface area contributed by atoms with E-state index in [1.807, 2.05) is 58.7 Å². The zero-order valence-electron chi connectivity index (χ0n) is 18.9. The van der Waals surface area contributed by atoms with E-state index in [9.17, 15) is 9.59 Å². The van der Waals surface area contributed by atoms with Crippen LogP contribution in [0.1, 0.15) is 26.5 Å². The molecule has 0 saturated carbocycles. The molecule has 5 rings (SSSR count). The lowest BCUT2D eigenvalue weighted by molar-refractivity contribution is 0.0785. The Labute approximate surface area is 206 Å². The number of hydrogen-bond acceptors (Lipinski definition) is 5. The first-order valence-corrected chi connectivity index (χ1v) is 11.8. The molecule has 8 heteroatoms. The third-order valence-electron chi connectivity index (χ3n) is 5.45. The van der Waals surface area contributed by atoms with Crippen LogP contribution in [0, 0.1) is 0 Å². The summed E-state index contributed by atoms with van der Waals surface area (Å²) >= 11 is 1.62. The smallest absolute Gasteiger partial charge is 0.291 e. The van der Waals surface area contributed by atoms with Crippen LogP contribution in [0.25, 0.3) is 16.3 Å². The van der Waals surface area contributed by atoms with Gasteiger partial charge in [0.1, 0.15) is 5.69 Å². The minimum absolute atomic E-state index is 0.126. The first-order valence-electron chi connectivity index (χ1n) is 11.0. The molecule has 7 nitrogen and oxygen atoms in total. The van der Waals surface area contributed by atoms with Gasteiger partial charge in [-0.25, -0.2) is 4.68 Å². The number of para-hydroxylation sites is 1. The number of aromatic nitrogens is 2. The van der Waals surface area contributed by atoms with Gasteiger partial charge in [0, 0.05) is 36.6 Å². The van der Waals surface area contributed by atoms with Gasteiger partial charge in [-0.2, -0.15) is 5.10 Å². The lowest BCUT2D eigenvalue weighted by Gasteiger charge is -2.17. The molecule has 0 spiro atoms. The lowest BCUT2D eigenvalue weighted by Crippen LogP contribution is -2.26. The van der Waals surface area contributed by atoms with Gasteiger partial charge >= 0.3 is 0 Å². The molecule has 0 aliphatic heterocycles. The van der Waals surface area contributed by atoms with Crippen LogP contribution in [0.15, 0.2) is 101 Å². The molecule has 5 aromatic rings. The SMILES string of the molecule is CN(Cc1cn(-c2ccccc2)nc1-c1cccs1)C(=O)c1ccc(NC(=O)c2ccco2)cc1. The predicted octanol–water partition coefficient (Wildman–Crippen LogP) is 5.72. The van der Waals surface area contributed by atoms with Crippen molar-refractivity contribution in [2.45, 2.75) is 6.54 Å². The van der Waals surface area contributed by atoms with Crippen molar-refractivity contribution in [3.05, 3.63) is 114 Å². The molecule has 174 valence electrons. The van der Waals surface area contributed by atoms with Crippen LogP contribution in [-0.2, 0) is 6.54 Å². The molecule has 0 saturated heterocycles. The Morgan fingerprint density at radius 1 is 1.00 bits per heavy atom. The minimum Gasteiger partial charge on any atom is -0.459 e. The number of nitrogens with one attached hydrogen (secondary N) is 1. The van der Waals surface area contributed by atoms with Crippen LogP contribution in [0.5, 0.6) is 0 Å². The van der Waals surface area contributed by atoms with E-state index in [-0.39, 0.29) is 17.6 Å². The second-order valence-electron chi connectivity index (χ2n) is 7.93. The van der Waals surface area contributed by atoms with Crippen LogP contribution in [-0.4, -0.2) is 33.5 Å². The monoisotopic (exact) mass is 482 g/mol. The number of rotatable bonds is 7. The van der Waals surface area contributed by atoms with Crippen molar-refractivity contribution in [3.8, 4) is 16.3 Å². The number of nitrogens with zero attached hydrogens (tertiary/aromatic N) is 3. The van der Waals surface area contributed by atoms with E-state index in [1.165, 1.54) is 6.26 Å². The zero-order valence-corrected chi connectivity index (χ0v) is 19.7. The highest BCUT2D eigenvalue weighted by molar-refractivity contribution is 7.13. The molecule has 0 radical (unpaired) electrons. The molecule has 0 fully saturated rings. The van der Waals surface area contributed by atoms with Gasteiger partial charge in [0.15, 0.2) is 5.76 Å². The number of hydrogen-bond donors (Lipinski definition) is 1. The zero-order chi connectivity index (χ0) is 24.2. The van der Waals surface area contributed by atoms with Gasteiger partial charge in [0.25, 0.3) is 11.8 Å². The molecule has 0 unspecified atom stereocenters. The number of carbonyl (C=O) groups excluding carboxylic acids is 2. The van der Waals surface area contributed by atoms with Crippen LogP contribution in [0.3, 0.4) is 0 Å². The van der Waals surface area contributed by atoms with Gasteiger partial charge in [-0.05, 0) is 60.0 Å². The Morgan fingerprint density at radius 3 is 2.49 bits per heavy atom. The van der Waals surface area contributed by atoms with Crippen molar-refractivity contribution in [2.24, 2.45) is 0 Å². The van der Waals surface area contributed by atoms with Crippen molar-refractivity contribution >= 4 is 28.8 Å². The van der Waals surface area contributed by atoms with E-state index in [4.69, 9.17) is 9.52 Å². The molecule has 35 heavy (non-hydrogen) atoms. The van der Waals surface area contributed by atoms with Gasteiger partial charge in [-0.1, -0.05) is 24.3 Å². The van der Waals surface area contributed by atoms with Gasteiger partial charge < -0.3 is 14.6 Å². The number of amides is 2. The Balaban J connectivity index is 1.33. The maximum absolute atomic E-state index is 13.1. The van der Waals surface area contributed by atoms with Crippen LogP contribution >= 0.6 is 11.3 Å². The van der Waals surface area contributed by atoms with Gasteiger partial charge in [0.05, 0.1) is 16.8 Å². The summed E-state index contributed by atoms with van der Waals surface area (Å²) in [4.78, 5) is 28.0. The average Bonchev–Trinajstić information content (AvgIpc) is 3.67. The van der Waals surface area contributed by atoms with E-state index in [1.54, 1.807) is 59.7 Å². The number of carbonyl (C=O) groups is 2. The molecule has 3 heterocycles. The van der Waals surface area contributed by atoms with E-state index >= 15 is 0 Å². The molecule has 3 aromatic heterocycles. The first kappa shape index (κ1) is 22.4. The maximum Gasteiger partial charge on any atom is 0.291 e. The summed E-state index contributed by atoms with van der Waals surface area (Å²) in [6.07, 6.45) is 3.42. The van der Waals surface area contributed by atoms with E-state index in [2.05, 4.69) is 5.32 Å². The largest absolute Gasteiger partial charge is 0.459 e. The summed E-state index contributed by atoms with van der Waals surface area (Å²) in [6, 6.07) is 24.0. The summed E-state index contributed by atoms with van der Waals surface area (Å²) < 4.78 is 6.95. The molecule has 2 amide bonds. The molecule has 0 aliphatic rings. The highest BCUT2D eigenvalue weighted by Gasteiger charge is 2.19. The highest BCUT2D eigenvalue weighted by atomic mass is 32.1. The standard InChI is InChI=1S/C27H22N4O3S/c1-30(27(33)19-11-13-21(14-12-19)28-26(32)23-9-5-15-34-23)17-20-18-31(22-7-3-2-4-8-22)29-25(20)24-10-6-16-35-24/h2-16,18H,17H2,1H3,(H,28,32). The molecular formula is C27H22N4O3S. The summed E-state index contributed by atoms with van der Waals surface area (Å²) in [5.41, 5.74) is 3.87. The fraction of sp³-hybridized carbons (Fsp3) is 0.0741. The van der Waals surface area contributed by atoms with Crippen molar-refractivity contribution in [1.29, 1.82) is 0 Å². The molecule has 0 atom stereocenters. The second-order valence-corrected chi connectivity index (χ2v) is 8.88. The summed E-state index contributed by atoms with van der Waals surface area (Å²) in [6.45, 7) is 0.399. The van der Waals surface area contributed by atoms with E-state index in [0.29, 0.717) is 17.8 Å². The fourth-order valence-corrected chi connectivity index (χ4v) is 4.45. The van der Waals surface area contributed by atoms with E-state index in [0.717, 1.165) is 21.8 Å². The molecular weight excluding hydrogens is 460 g/mol. The Morgan fingerprint density at radius 2 is 1.80 bits per heavy atom. The molecule has 0 bridgehead atoms.